The summed E-state index contributed by atoms with van der Waals surface area (Å²) >= 11 is 0. The maximum Gasteiger partial charge on any atom is 0.217 e. The van der Waals surface area contributed by atoms with E-state index >= 15 is 0 Å². The highest BCUT2D eigenvalue weighted by Gasteiger charge is 2.30. The van der Waals surface area contributed by atoms with Gasteiger partial charge in [-0.15, -0.1) is 0 Å². The molecule has 1 aliphatic heterocycles. The van der Waals surface area contributed by atoms with Gasteiger partial charge in [-0.25, -0.2) is 9.97 Å². The lowest BCUT2D eigenvalue weighted by molar-refractivity contribution is -0.119. The van der Waals surface area contributed by atoms with Crippen LogP contribution in [-0.4, -0.2) is 35.0 Å². The molecule has 0 bridgehead atoms. The smallest absolute Gasteiger partial charge is 0.217 e. The summed E-state index contributed by atoms with van der Waals surface area (Å²) in [5.74, 6) is 2.91. The number of carbonyl (C=O) groups is 1. The van der Waals surface area contributed by atoms with Gasteiger partial charge >= 0.3 is 0 Å². The number of anilines is 2. The van der Waals surface area contributed by atoms with Crippen molar-refractivity contribution in [3.8, 4) is 0 Å². The van der Waals surface area contributed by atoms with Gasteiger partial charge in [0.2, 0.25) is 5.91 Å². The Morgan fingerprint density at radius 3 is 2.75 bits per heavy atom. The molecule has 1 unspecified atom stereocenters. The monoisotopic (exact) mass is 275 g/mol. The molecular weight excluding hydrogens is 254 g/mol. The molecule has 6 nitrogen and oxygen atoms in total. The lowest BCUT2D eigenvalue weighted by Crippen LogP contribution is -2.36. The summed E-state index contributed by atoms with van der Waals surface area (Å²) in [5, 5.41) is 2.97. The molecule has 1 aliphatic carbocycles. The predicted molar refractivity (Wildman–Crippen MR) is 77.6 cm³/mol. The first-order valence-corrected chi connectivity index (χ1v) is 7.20. The number of amides is 1. The van der Waals surface area contributed by atoms with Crippen molar-refractivity contribution < 1.29 is 4.79 Å². The van der Waals surface area contributed by atoms with Crippen LogP contribution in [0.5, 0.6) is 0 Å². The average molecular weight is 275 g/mol. The van der Waals surface area contributed by atoms with Crippen LogP contribution >= 0.6 is 0 Å². The molecule has 1 atom stereocenters. The second-order valence-electron chi connectivity index (χ2n) is 5.82. The fourth-order valence-corrected chi connectivity index (χ4v) is 2.73. The number of hydrogen-bond donors (Lipinski definition) is 2. The number of nitrogens with two attached hydrogens (primary N) is 1. The Bertz CT molecular complexity index is 541. The number of carbonyl (C=O) groups excluding carboxylic acids is 1. The molecule has 20 heavy (non-hydrogen) atoms. The predicted octanol–water partition coefficient (Wildman–Crippen LogP) is 0.959. The van der Waals surface area contributed by atoms with E-state index in [0.29, 0.717) is 11.7 Å². The Kier molecular flexibility index (Phi) is 3.23. The molecule has 1 saturated heterocycles. The first kappa shape index (κ1) is 13.1. The Balaban J connectivity index is 1.81. The molecule has 0 spiro atoms. The maximum absolute atomic E-state index is 11.1. The second kappa shape index (κ2) is 4.92. The van der Waals surface area contributed by atoms with E-state index in [0.717, 1.165) is 49.6 Å². The molecule has 2 aliphatic rings. The summed E-state index contributed by atoms with van der Waals surface area (Å²) in [6.07, 6.45) is 3.27. The van der Waals surface area contributed by atoms with Gasteiger partial charge in [0.15, 0.2) is 0 Å². The van der Waals surface area contributed by atoms with E-state index in [-0.39, 0.29) is 11.9 Å². The van der Waals surface area contributed by atoms with Crippen molar-refractivity contribution in [3.05, 3.63) is 11.4 Å². The number of nitrogens with one attached hydrogen (secondary N) is 1. The molecule has 1 aromatic heterocycles. The summed E-state index contributed by atoms with van der Waals surface area (Å²) in [7, 11) is 0. The maximum atomic E-state index is 11.1. The summed E-state index contributed by atoms with van der Waals surface area (Å²) in [4.78, 5) is 22.5. The van der Waals surface area contributed by atoms with E-state index in [1.54, 1.807) is 6.92 Å². The molecule has 3 rings (SSSR count). The summed E-state index contributed by atoms with van der Waals surface area (Å²) in [6.45, 7) is 5.21. The van der Waals surface area contributed by atoms with E-state index in [2.05, 4.69) is 15.2 Å². The van der Waals surface area contributed by atoms with Crippen molar-refractivity contribution in [2.75, 3.05) is 23.7 Å². The van der Waals surface area contributed by atoms with Crippen LogP contribution in [0.15, 0.2) is 0 Å². The van der Waals surface area contributed by atoms with Gasteiger partial charge in [0.05, 0.1) is 0 Å². The van der Waals surface area contributed by atoms with Gasteiger partial charge in [-0.05, 0) is 26.2 Å². The molecular formula is C14H21N5O. The molecule has 2 heterocycles. The number of rotatable bonds is 3. The Hall–Kier alpha value is -1.85. The zero-order chi connectivity index (χ0) is 14.3. The number of nitrogen functional groups attached to an aromatic ring is 1. The summed E-state index contributed by atoms with van der Waals surface area (Å²) in [6, 6.07) is 0.201. The third kappa shape index (κ3) is 2.55. The molecule has 3 N–H and O–H groups in total. The highest BCUT2D eigenvalue weighted by molar-refractivity contribution is 5.73. The van der Waals surface area contributed by atoms with Crippen LogP contribution in [-0.2, 0) is 4.79 Å². The minimum absolute atomic E-state index is 0.0226. The molecule has 0 radical (unpaired) electrons. The fourth-order valence-electron chi connectivity index (χ4n) is 2.73. The molecule has 2 fully saturated rings. The molecule has 6 heteroatoms. The van der Waals surface area contributed by atoms with Gasteiger partial charge in [0.25, 0.3) is 0 Å². The number of nitrogens with zero attached hydrogens (tertiary/aromatic N) is 3. The molecule has 1 amide bonds. The van der Waals surface area contributed by atoms with Crippen molar-refractivity contribution >= 4 is 17.5 Å². The van der Waals surface area contributed by atoms with Crippen molar-refractivity contribution in [3.63, 3.8) is 0 Å². The molecule has 0 aromatic carbocycles. The van der Waals surface area contributed by atoms with Crippen molar-refractivity contribution in [2.24, 2.45) is 0 Å². The van der Waals surface area contributed by atoms with Crippen LogP contribution in [0.1, 0.15) is 43.5 Å². The number of aromatic nitrogens is 2. The SMILES string of the molecule is CC(=O)NC1CCN(c2nc(C3CC3)nc(N)c2C)C1. The third-order valence-corrected chi connectivity index (χ3v) is 4.01. The second-order valence-corrected chi connectivity index (χ2v) is 5.82. The Labute approximate surface area is 118 Å². The van der Waals surface area contributed by atoms with Crippen LogP contribution in [0, 0.1) is 6.92 Å². The van der Waals surface area contributed by atoms with Crippen molar-refractivity contribution in [2.45, 2.75) is 45.1 Å². The third-order valence-electron chi connectivity index (χ3n) is 4.01. The Morgan fingerprint density at radius 2 is 2.10 bits per heavy atom. The molecule has 1 aromatic rings. The van der Waals surface area contributed by atoms with Crippen LogP contribution < -0.4 is 16.0 Å². The van der Waals surface area contributed by atoms with E-state index < -0.39 is 0 Å². The van der Waals surface area contributed by atoms with E-state index in [1.165, 1.54) is 0 Å². The van der Waals surface area contributed by atoms with E-state index in [1.807, 2.05) is 6.92 Å². The van der Waals surface area contributed by atoms with Gasteiger partial charge in [0.1, 0.15) is 17.5 Å². The quantitative estimate of drug-likeness (QED) is 0.858. The normalized spacial score (nSPS) is 22.1. The van der Waals surface area contributed by atoms with Gasteiger partial charge < -0.3 is 16.0 Å². The average Bonchev–Trinajstić information content (AvgIpc) is 3.13. The minimum Gasteiger partial charge on any atom is -0.383 e. The van der Waals surface area contributed by atoms with Crippen LogP contribution in [0.4, 0.5) is 11.6 Å². The van der Waals surface area contributed by atoms with Crippen LogP contribution in [0.2, 0.25) is 0 Å². The van der Waals surface area contributed by atoms with Gasteiger partial charge in [-0.2, -0.15) is 0 Å². The largest absolute Gasteiger partial charge is 0.383 e. The fraction of sp³-hybridized carbons (Fsp3) is 0.643. The topological polar surface area (TPSA) is 84.1 Å². The summed E-state index contributed by atoms with van der Waals surface area (Å²) < 4.78 is 0. The van der Waals surface area contributed by atoms with Crippen molar-refractivity contribution in [1.29, 1.82) is 0 Å². The Morgan fingerprint density at radius 1 is 1.35 bits per heavy atom. The summed E-state index contributed by atoms with van der Waals surface area (Å²) in [5.41, 5.74) is 6.96. The zero-order valence-electron chi connectivity index (χ0n) is 12.0. The lowest BCUT2D eigenvalue weighted by Gasteiger charge is -2.21. The molecule has 108 valence electrons. The highest BCUT2D eigenvalue weighted by atomic mass is 16.1. The standard InChI is InChI=1S/C14H21N5O/c1-8-12(15)17-13(10-3-4-10)18-14(8)19-6-5-11(7-19)16-9(2)20/h10-11H,3-7H2,1-2H3,(H,16,20)(H2,15,17,18). The van der Waals surface area contributed by atoms with Gasteiger partial charge in [-0.1, -0.05) is 0 Å². The minimum atomic E-state index is 0.0226. The highest BCUT2D eigenvalue weighted by Crippen LogP contribution is 2.39. The number of hydrogen-bond acceptors (Lipinski definition) is 5. The van der Waals surface area contributed by atoms with Crippen LogP contribution in [0.25, 0.3) is 0 Å². The van der Waals surface area contributed by atoms with E-state index in [4.69, 9.17) is 10.7 Å². The van der Waals surface area contributed by atoms with E-state index in [9.17, 15) is 4.79 Å². The van der Waals surface area contributed by atoms with Crippen molar-refractivity contribution in [1.82, 2.24) is 15.3 Å². The zero-order valence-corrected chi connectivity index (χ0v) is 12.0. The molecule has 1 saturated carbocycles. The van der Waals surface area contributed by atoms with Gasteiger partial charge in [-0.3, -0.25) is 4.79 Å². The van der Waals surface area contributed by atoms with Crippen LogP contribution in [0.3, 0.4) is 0 Å². The first-order chi connectivity index (χ1) is 9.54. The first-order valence-electron chi connectivity index (χ1n) is 7.20. The van der Waals surface area contributed by atoms with Gasteiger partial charge in [0, 0.05) is 37.5 Å². The lowest BCUT2D eigenvalue weighted by atomic mass is 10.2.